The average molecular weight is 126 g/mol. The van der Waals surface area contributed by atoms with Crippen molar-refractivity contribution in [3.05, 3.63) is 0 Å². The maximum atomic E-state index is 9.16. The summed E-state index contributed by atoms with van der Waals surface area (Å²) < 4.78 is 0. The van der Waals surface area contributed by atoms with Crippen LogP contribution < -0.4 is 0 Å². The Morgan fingerprint density at radius 3 is 2.00 bits per heavy atom. The molecule has 9 heavy (non-hydrogen) atoms. The van der Waals surface area contributed by atoms with Gasteiger partial charge in [-0.25, -0.2) is 0 Å². The van der Waals surface area contributed by atoms with Crippen LogP contribution in [0.1, 0.15) is 26.7 Å². The lowest BCUT2D eigenvalue weighted by molar-refractivity contribution is 0.151. The van der Waals surface area contributed by atoms with Gasteiger partial charge < -0.3 is 5.11 Å². The van der Waals surface area contributed by atoms with Crippen molar-refractivity contribution in [3.8, 4) is 0 Å². The van der Waals surface area contributed by atoms with Crippen molar-refractivity contribution in [1.82, 2.24) is 0 Å². The van der Waals surface area contributed by atoms with Gasteiger partial charge in [0.15, 0.2) is 0 Å². The van der Waals surface area contributed by atoms with Crippen LogP contribution >= 0.6 is 0 Å². The highest BCUT2D eigenvalue weighted by Crippen LogP contribution is 2.66. The summed E-state index contributed by atoms with van der Waals surface area (Å²) >= 11 is 0. The van der Waals surface area contributed by atoms with Crippen molar-refractivity contribution < 1.29 is 5.11 Å². The van der Waals surface area contributed by atoms with Gasteiger partial charge >= 0.3 is 0 Å². The minimum absolute atomic E-state index is 0.0352. The fourth-order valence-corrected chi connectivity index (χ4v) is 2.48. The first-order chi connectivity index (χ1) is 4.12. The molecule has 0 saturated heterocycles. The standard InChI is InChI=1S/C8H14O/c1-8(2)6-3-5(9)4-7(6)8/h5-7,9H,3-4H2,1-2H3/t5-,6+,7-. The molecular weight excluding hydrogens is 112 g/mol. The molecule has 2 rings (SSSR count). The van der Waals surface area contributed by atoms with Gasteiger partial charge in [-0.05, 0) is 30.1 Å². The molecule has 0 unspecified atom stereocenters. The molecule has 0 amide bonds. The monoisotopic (exact) mass is 126 g/mol. The van der Waals surface area contributed by atoms with Crippen LogP contribution in [0, 0.1) is 17.3 Å². The van der Waals surface area contributed by atoms with Crippen LogP contribution in [0.4, 0.5) is 0 Å². The van der Waals surface area contributed by atoms with E-state index in [-0.39, 0.29) is 6.10 Å². The van der Waals surface area contributed by atoms with Crippen LogP contribution in [0.2, 0.25) is 0 Å². The molecule has 3 atom stereocenters. The first kappa shape index (κ1) is 5.72. The van der Waals surface area contributed by atoms with E-state index in [0.717, 1.165) is 24.7 Å². The second kappa shape index (κ2) is 1.34. The third-order valence-corrected chi connectivity index (χ3v) is 3.34. The van der Waals surface area contributed by atoms with Gasteiger partial charge in [-0.1, -0.05) is 13.8 Å². The number of rotatable bonds is 0. The van der Waals surface area contributed by atoms with Crippen molar-refractivity contribution >= 4 is 0 Å². The van der Waals surface area contributed by atoms with Crippen molar-refractivity contribution in [2.75, 3.05) is 0 Å². The lowest BCUT2D eigenvalue weighted by atomic mass is 9.99. The van der Waals surface area contributed by atoms with E-state index in [0.29, 0.717) is 5.41 Å². The van der Waals surface area contributed by atoms with E-state index in [1.54, 1.807) is 0 Å². The molecule has 2 fully saturated rings. The second-order valence-corrected chi connectivity index (χ2v) is 4.16. The fraction of sp³-hybridized carbons (Fsp3) is 1.00. The van der Waals surface area contributed by atoms with Gasteiger partial charge in [0.2, 0.25) is 0 Å². The van der Waals surface area contributed by atoms with Crippen molar-refractivity contribution in [2.45, 2.75) is 32.8 Å². The summed E-state index contributed by atoms with van der Waals surface area (Å²) in [6.45, 7) is 4.63. The van der Waals surface area contributed by atoms with E-state index in [2.05, 4.69) is 13.8 Å². The number of fused-ring (bicyclic) bond motifs is 1. The smallest absolute Gasteiger partial charge is 0.0546 e. The van der Waals surface area contributed by atoms with Crippen LogP contribution in [0.15, 0.2) is 0 Å². The Morgan fingerprint density at radius 1 is 1.22 bits per heavy atom. The molecule has 0 radical (unpaired) electrons. The molecule has 0 spiro atoms. The Hall–Kier alpha value is -0.0400. The lowest BCUT2D eigenvalue weighted by Gasteiger charge is -2.10. The first-order valence-electron chi connectivity index (χ1n) is 3.80. The van der Waals surface area contributed by atoms with Crippen molar-refractivity contribution in [3.63, 3.8) is 0 Å². The SMILES string of the molecule is CC1(C)[C@@H]2C[C@H](O)C[C@@H]21. The minimum Gasteiger partial charge on any atom is -0.393 e. The van der Waals surface area contributed by atoms with E-state index < -0.39 is 0 Å². The third-order valence-electron chi connectivity index (χ3n) is 3.34. The molecule has 0 bridgehead atoms. The maximum Gasteiger partial charge on any atom is 0.0546 e. The van der Waals surface area contributed by atoms with Crippen LogP contribution in [0.5, 0.6) is 0 Å². The summed E-state index contributed by atoms with van der Waals surface area (Å²) in [5, 5.41) is 9.16. The van der Waals surface area contributed by atoms with E-state index in [1.165, 1.54) is 0 Å². The Morgan fingerprint density at radius 2 is 1.67 bits per heavy atom. The zero-order chi connectivity index (χ0) is 6.65. The van der Waals surface area contributed by atoms with Crippen LogP contribution in [-0.2, 0) is 0 Å². The van der Waals surface area contributed by atoms with Gasteiger partial charge in [0, 0.05) is 0 Å². The average Bonchev–Trinajstić information content (AvgIpc) is 2.27. The molecule has 0 aromatic heterocycles. The number of hydrogen-bond acceptors (Lipinski definition) is 1. The lowest BCUT2D eigenvalue weighted by Crippen LogP contribution is -2.08. The van der Waals surface area contributed by atoms with Crippen LogP contribution in [-0.4, -0.2) is 11.2 Å². The zero-order valence-electron chi connectivity index (χ0n) is 6.09. The zero-order valence-corrected chi connectivity index (χ0v) is 6.09. The minimum atomic E-state index is 0.0352. The van der Waals surface area contributed by atoms with Crippen LogP contribution in [0.3, 0.4) is 0 Å². The molecule has 52 valence electrons. The Bertz CT molecular complexity index is 126. The predicted octanol–water partition coefficient (Wildman–Crippen LogP) is 1.41. The molecule has 1 N–H and O–H groups in total. The van der Waals surface area contributed by atoms with Gasteiger partial charge in [0.25, 0.3) is 0 Å². The van der Waals surface area contributed by atoms with Gasteiger partial charge in [-0.15, -0.1) is 0 Å². The molecule has 2 saturated carbocycles. The summed E-state index contributed by atoms with van der Waals surface area (Å²) in [7, 11) is 0. The van der Waals surface area contributed by atoms with Crippen LogP contribution in [0.25, 0.3) is 0 Å². The van der Waals surface area contributed by atoms with E-state index in [4.69, 9.17) is 5.11 Å². The third kappa shape index (κ3) is 0.586. The largest absolute Gasteiger partial charge is 0.393 e. The van der Waals surface area contributed by atoms with Gasteiger partial charge in [0.05, 0.1) is 6.10 Å². The van der Waals surface area contributed by atoms with Crippen molar-refractivity contribution in [1.29, 1.82) is 0 Å². The normalized spacial score (nSPS) is 53.0. The number of hydrogen-bond donors (Lipinski definition) is 1. The highest BCUT2D eigenvalue weighted by atomic mass is 16.3. The van der Waals surface area contributed by atoms with E-state index >= 15 is 0 Å². The van der Waals surface area contributed by atoms with E-state index in [9.17, 15) is 0 Å². The topological polar surface area (TPSA) is 20.2 Å². The second-order valence-electron chi connectivity index (χ2n) is 4.16. The van der Waals surface area contributed by atoms with Gasteiger partial charge in [-0.2, -0.15) is 0 Å². The summed E-state index contributed by atoms with van der Waals surface area (Å²) in [6.07, 6.45) is 2.17. The molecule has 2 aliphatic carbocycles. The maximum absolute atomic E-state index is 9.16. The predicted molar refractivity (Wildman–Crippen MR) is 36.0 cm³/mol. The van der Waals surface area contributed by atoms with Gasteiger partial charge in [-0.3, -0.25) is 0 Å². The molecule has 1 heteroatoms. The summed E-state index contributed by atoms with van der Waals surface area (Å²) in [4.78, 5) is 0. The number of aliphatic hydroxyl groups is 1. The molecule has 2 aliphatic rings. The Balaban J connectivity index is 2.06. The molecule has 0 aromatic carbocycles. The van der Waals surface area contributed by atoms with E-state index in [1.807, 2.05) is 0 Å². The van der Waals surface area contributed by atoms with Crippen molar-refractivity contribution in [2.24, 2.45) is 17.3 Å². The summed E-state index contributed by atoms with van der Waals surface area (Å²) in [5.41, 5.74) is 0.583. The molecular formula is C8H14O. The quantitative estimate of drug-likeness (QED) is 0.520. The highest BCUT2D eigenvalue weighted by molar-refractivity contribution is 5.10. The highest BCUT2D eigenvalue weighted by Gasteiger charge is 2.61. The Kier molecular flexibility index (Phi) is 0.852. The summed E-state index contributed by atoms with van der Waals surface area (Å²) in [5.74, 6) is 1.71. The molecule has 1 nitrogen and oxygen atoms in total. The fourth-order valence-electron chi connectivity index (χ4n) is 2.48. The number of aliphatic hydroxyl groups excluding tert-OH is 1. The summed E-state index contributed by atoms with van der Waals surface area (Å²) in [6, 6.07) is 0. The Labute approximate surface area is 56.1 Å². The molecule has 0 heterocycles. The first-order valence-corrected chi connectivity index (χ1v) is 3.80. The van der Waals surface area contributed by atoms with Gasteiger partial charge in [0.1, 0.15) is 0 Å². The molecule has 0 aliphatic heterocycles. The molecule has 0 aromatic rings.